The van der Waals surface area contributed by atoms with Gasteiger partial charge in [0.2, 0.25) is 17.7 Å². The van der Waals surface area contributed by atoms with E-state index in [-0.39, 0.29) is 153 Å². The van der Waals surface area contributed by atoms with Crippen LogP contribution in [0.2, 0.25) is 0 Å². The fraction of sp³-hybridized carbons (Fsp3) is 0.333. The van der Waals surface area contributed by atoms with Crippen LogP contribution in [-0.4, -0.2) is 197 Å². The first-order valence-corrected chi connectivity index (χ1v) is 48.6. The molecule has 3 fully saturated rings. The normalized spacial score (nSPS) is 17.3. The molecule has 3 saturated heterocycles. The summed E-state index contributed by atoms with van der Waals surface area (Å²) < 4.78 is 106. The van der Waals surface area contributed by atoms with Crippen LogP contribution in [0.1, 0.15) is 167 Å². The Kier molecular flexibility index (Phi) is 26.7. The van der Waals surface area contributed by atoms with E-state index in [1.54, 1.807) is 77.5 Å². The van der Waals surface area contributed by atoms with E-state index >= 15 is 26.3 Å². The molecule has 21 rings (SSSR count). The fourth-order valence-electron chi connectivity index (χ4n) is 21.1. The van der Waals surface area contributed by atoms with Gasteiger partial charge in [-0.25, -0.2) is 78.7 Å². The molecule has 15 aromatic rings. The van der Waals surface area contributed by atoms with Crippen LogP contribution in [0.4, 0.5) is 43.8 Å². The van der Waals surface area contributed by atoms with E-state index in [4.69, 9.17) is 15.0 Å². The van der Waals surface area contributed by atoms with Crippen LogP contribution in [0.15, 0.2) is 198 Å². The van der Waals surface area contributed by atoms with Gasteiger partial charge in [0.05, 0.1) is 63.4 Å². The van der Waals surface area contributed by atoms with Gasteiger partial charge in [0.25, 0.3) is 0 Å². The number of piperazine rings is 3. The first-order chi connectivity index (χ1) is 69.2. The largest absolute Gasteiger partial charge is 0.355 e. The summed E-state index contributed by atoms with van der Waals surface area (Å²) in [5.74, 6) is -3.92. The average molecular weight is 1950 g/mol. The number of nitrogens with zero attached hydrogens (tertiary/aromatic N) is 24. The van der Waals surface area contributed by atoms with Crippen molar-refractivity contribution in [2.24, 2.45) is 0 Å². The van der Waals surface area contributed by atoms with Crippen molar-refractivity contribution in [1.29, 1.82) is 0 Å². The highest BCUT2D eigenvalue weighted by Gasteiger charge is 2.40. The highest BCUT2D eigenvalue weighted by Crippen LogP contribution is 2.43. The third-order valence-electron chi connectivity index (χ3n) is 28.1. The molecule has 0 radical (unpaired) electrons. The maximum Gasteiger partial charge on any atom is 0.355 e. The molecule has 9 aromatic heterocycles. The van der Waals surface area contributed by atoms with E-state index < -0.39 is 52.0 Å². The van der Waals surface area contributed by atoms with Gasteiger partial charge < -0.3 is 29.4 Å². The summed E-state index contributed by atoms with van der Waals surface area (Å²) in [7, 11) is 0. The minimum Gasteiger partial charge on any atom is -0.350 e. The molecule has 6 aliphatic rings. The van der Waals surface area contributed by atoms with Crippen molar-refractivity contribution in [3.63, 3.8) is 0 Å². The summed E-state index contributed by atoms with van der Waals surface area (Å²) >= 11 is 0. The molecule has 0 saturated carbocycles. The molecule has 6 aliphatic heterocycles. The van der Waals surface area contributed by atoms with Gasteiger partial charge in [0, 0.05) is 124 Å². The molecule has 0 N–H and O–H groups in total. The van der Waals surface area contributed by atoms with Gasteiger partial charge >= 0.3 is 17.1 Å². The Hall–Kier alpha value is -15.8. The number of para-hydroxylation sites is 3. The third-order valence-corrected chi connectivity index (χ3v) is 28.1. The number of hydrogen-bond acceptors (Lipinski definition) is 21. The Morgan fingerprint density at radius 3 is 1.10 bits per heavy atom. The number of rotatable bonds is 9. The number of halogens is 6. The van der Waals surface area contributed by atoms with Crippen LogP contribution in [0.25, 0.3) is 83.9 Å². The number of benzene rings is 6. The Balaban J connectivity index is 0.000000137. The van der Waals surface area contributed by atoms with E-state index in [2.05, 4.69) is 65.6 Å². The highest BCUT2D eigenvalue weighted by atomic mass is 19.1. The molecule has 144 heavy (non-hydrogen) atoms. The van der Waals surface area contributed by atoms with Crippen molar-refractivity contribution in [3.05, 3.63) is 317 Å². The molecule has 0 unspecified atom stereocenters. The molecule has 0 aliphatic carbocycles. The zero-order valence-electron chi connectivity index (χ0n) is 81.8. The lowest BCUT2D eigenvalue weighted by molar-refractivity contribution is -0.129. The number of hydrogen-bond donors (Lipinski definition) is 0. The van der Waals surface area contributed by atoms with Gasteiger partial charge in [-0.1, -0.05) is 168 Å². The Labute approximate surface area is 825 Å². The number of carbonyl (C=O) groups is 3. The van der Waals surface area contributed by atoms with Crippen LogP contribution in [-0.2, 0) is 72.5 Å². The van der Waals surface area contributed by atoms with Gasteiger partial charge in [-0.15, -0.1) is 15.3 Å². The van der Waals surface area contributed by atoms with Crippen molar-refractivity contribution < 1.29 is 40.7 Å². The highest BCUT2D eigenvalue weighted by molar-refractivity contribution is 5.95. The number of aryl methyl sites for hydroxylation is 6. The van der Waals surface area contributed by atoms with Crippen molar-refractivity contribution >= 4 is 68.3 Å². The molecule has 6 aromatic carbocycles. The standard InChI is InChI=1S/3C36H36F2N8O2/c2*1-6-30(47)44-16-22(5)45(17-21(44)4)34-27-15-29(38)32-31-24(10-8-12-28(31)37)18-43-19-25(41-42-43)14-13-23-9-7-11-26(20(2)3)33(23)46(35(27)39-32)36(48)40-34;1-5-30(47)43-15-16-45(22(4)19-43)34-27-18-29(38)32-31-24(10-7-13-28(31)37)17-25-20-44(42-41-25)14-8-11-23-9-6-12-26(21(2)3)33(23)46(35(27)39-32)36(48)40-34/h2*6-12,15,19-22H,1,13-14,16-18H2,2-5H3;5-7,9-10,12-13,18,20-22H,1,8,11,14-17,19H2,2-4H3/t2*21-,22+;22-/m110/s1. The van der Waals surface area contributed by atoms with Crippen molar-refractivity contribution in [1.82, 2.24) is 103 Å². The molecule has 0 spiro atoms. The van der Waals surface area contributed by atoms with Gasteiger partial charge in [0.15, 0.2) is 16.9 Å². The van der Waals surface area contributed by atoms with Crippen LogP contribution in [0, 0.1) is 34.9 Å². The molecule has 15 heterocycles. The summed E-state index contributed by atoms with van der Waals surface area (Å²) in [4.78, 5) is 120. The van der Waals surface area contributed by atoms with Gasteiger partial charge in [-0.3, -0.25) is 19.1 Å². The van der Waals surface area contributed by atoms with E-state index in [9.17, 15) is 28.8 Å². The minimum absolute atomic E-state index is 0.000899. The molecule has 12 bridgehead atoms. The number of carbonyl (C=O) groups excluding carboxylic acids is 3. The predicted molar refractivity (Wildman–Crippen MR) is 538 cm³/mol. The first-order valence-electron chi connectivity index (χ1n) is 48.6. The van der Waals surface area contributed by atoms with Crippen LogP contribution < -0.4 is 31.8 Å². The van der Waals surface area contributed by atoms with E-state index in [1.807, 2.05) is 152 Å². The molecular formula is C108H108F6N24O6. The number of fused-ring (bicyclic) bond motifs is 21. The van der Waals surface area contributed by atoms with Crippen LogP contribution in [0.5, 0.6) is 0 Å². The Morgan fingerprint density at radius 1 is 0.361 bits per heavy atom. The lowest BCUT2D eigenvalue weighted by atomic mass is 9.95. The zero-order chi connectivity index (χ0) is 101. The summed E-state index contributed by atoms with van der Waals surface area (Å²) in [6.07, 6.45) is 13.0. The lowest BCUT2D eigenvalue weighted by Gasteiger charge is -2.44. The third kappa shape index (κ3) is 18.1. The van der Waals surface area contributed by atoms with Gasteiger partial charge in [-0.2, -0.15) is 15.0 Å². The van der Waals surface area contributed by atoms with Gasteiger partial charge in [-0.05, 0) is 196 Å². The maximum absolute atomic E-state index is 16.5. The Morgan fingerprint density at radius 2 is 0.708 bits per heavy atom. The number of aromatic nitrogens is 18. The quantitative estimate of drug-likeness (QED) is 0.0957. The minimum atomic E-state index is -0.757. The van der Waals surface area contributed by atoms with E-state index in [0.29, 0.717) is 146 Å². The second-order valence-corrected chi connectivity index (χ2v) is 38.8. The van der Waals surface area contributed by atoms with Crippen molar-refractivity contribution in [2.75, 3.05) is 60.5 Å². The van der Waals surface area contributed by atoms with E-state index in [1.165, 1.54) is 68.3 Å². The second-order valence-electron chi connectivity index (χ2n) is 38.8. The number of amides is 3. The number of anilines is 3. The SMILES string of the molecule is C=CC(=O)N1CCN(c2nc(=O)n3c4nc(c(F)cc24)-c2c(F)cccc2Cc2cn(nn2)CCCc2cccc(C(C)C)c2-3)[C@@H](C)C1.C=CC(=O)N1C[C@H](C)N(c2nc(=O)n3c4nc(c(F)cc24)-c2c(F)cccc2Cn2cc(nn2)CCc2cccc(C(C)C)c2-3)C[C@H]1C.C=CC(=O)N1C[C@H](C)N(c2nc(=O)n3c4nc(c(F)cc24)-c2c(F)cccc2Cn2cc(nn2)CCc2cccc(C(C)C)c2-3)C[C@H]1C. The maximum atomic E-state index is 16.5. The smallest absolute Gasteiger partial charge is 0.350 e. The average Bonchev–Trinajstić information content (AvgIpc) is 0.736. The predicted octanol–water partition coefficient (Wildman–Crippen LogP) is 15.6. The summed E-state index contributed by atoms with van der Waals surface area (Å²) in [5, 5.41) is 26.8. The lowest BCUT2D eigenvalue weighted by Crippen LogP contribution is -2.58. The molecule has 738 valence electrons. The molecule has 3 amide bonds. The summed E-state index contributed by atoms with van der Waals surface area (Å²) in [6, 6.07) is 34.0. The topological polar surface area (TPSA) is 306 Å². The van der Waals surface area contributed by atoms with Crippen molar-refractivity contribution in [2.45, 2.75) is 189 Å². The molecule has 30 nitrogen and oxygen atoms in total. The number of pyridine rings is 3. The van der Waals surface area contributed by atoms with Crippen LogP contribution >= 0.6 is 0 Å². The summed E-state index contributed by atoms with van der Waals surface area (Å²) in [5.41, 5.74) is 8.79. The molecule has 36 heteroatoms. The van der Waals surface area contributed by atoms with Crippen molar-refractivity contribution in [3.8, 4) is 50.8 Å². The van der Waals surface area contributed by atoms with E-state index in [0.717, 1.165) is 44.8 Å². The first kappa shape index (κ1) is 97.1. The zero-order valence-corrected chi connectivity index (χ0v) is 81.8. The van der Waals surface area contributed by atoms with Gasteiger partial charge in [0.1, 0.15) is 69.4 Å². The van der Waals surface area contributed by atoms with Crippen LogP contribution in [0.3, 0.4) is 0 Å². The second kappa shape index (κ2) is 39.6. The monoisotopic (exact) mass is 1950 g/mol. The fourth-order valence-corrected chi connectivity index (χ4v) is 21.1. The summed E-state index contributed by atoms with van der Waals surface area (Å²) in [6.45, 7) is 36.1. The Bertz CT molecular complexity index is 7590. The molecular weight excluding hydrogens is 1840 g/mol. The molecule has 5 atom stereocenters.